The van der Waals surface area contributed by atoms with E-state index in [1.54, 1.807) is 23.3 Å². The van der Waals surface area contributed by atoms with Crippen molar-refractivity contribution in [1.82, 2.24) is 0 Å². The zero-order valence-corrected chi connectivity index (χ0v) is 12.2. The molecule has 0 saturated carbocycles. The summed E-state index contributed by atoms with van der Waals surface area (Å²) >= 11 is 1.65. The molecular formula is C15H18F2N2S. The van der Waals surface area contributed by atoms with E-state index in [9.17, 15) is 8.78 Å². The molecule has 0 atom stereocenters. The quantitative estimate of drug-likeness (QED) is 0.887. The Balaban J connectivity index is 2.10. The lowest BCUT2D eigenvalue weighted by Crippen LogP contribution is -2.22. The summed E-state index contributed by atoms with van der Waals surface area (Å²) in [6.07, 6.45) is 1.25. The fraction of sp³-hybridized carbons (Fsp3) is 0.333. The van der Waals surface area contributed by atoms with Crippen LogP contribution in [-0.4, -0.2) is 20.1 Å². The van der Waals surface area contributed by atoms with Gasteiger partial charge in [-0.05, 0) is 48.5 Å². The van der Waals surface area contributed by atoms with Gasteiger partial charge in [-0.25, -0.2) is 8.78 Å². The Bertz CT molecular complexity index is 532. The van der Waals surface area contributed by atoms with E-state index < -0.39 is 11.6 Å². The van der Waals surface area contributed by atoms with E-state index in [-0.39, 0.29) is 5.69 Å². The molecule has 0 spiro atoms. The molecule has 0 aliphatic carbocycles. The van der Waals surface area contributed by atoms with Crippen molar-refractivity contribution in [2.75, 3.05) is 25.0 Å². The van der Waals surface area contributed by atoms with Crippen LogP contribution in [-0.2, 0) is 12.8 Å². The van der Waals surface area contributed by atoms with Crippen LogP contribution in [0, 0.1) is 11.6 Å². The van der Waals surface area contributed by atoms with Gasteiger partial charge in [0.1, 0.15) is 17.3 Å². The van der Waals surface area contributed by atoms with Gasteiger partial charge in [0.2, 0.25) is 0 Å². The normalized spacial score (nSPS) is 10.8. The zero-order valence-electron chi connectivity index (χ0n) is 11.4. The molecule has 0 saturated heterocycles. The van der Waals surface area contributed by atoms with Crippen molar-refractivity contribution >= 4 is 17.0 Å². The van der Waals surface area contributed by atoms with Crippen molar-refractivity contribution < 1.29 is 8.78 Å². The molecule has 0 radical (unpaired) electrons. The Morgan fingerprint density at radius 2 is 1.90 bits per heavy atom. The summed E-state index contributed by atoms with van der Waals surface area (Å²) in [6, 6.07) is 6.73. The van der Waals surface area contributed by atoms with E-state index in [4.69, 9.17) is 5.73 Å². The Kier molecular flexibility index (Phi) is 5.09. The Morgan fingerprint density at radius 3 is 2.45 bits per heavy atom. The van der Waals surface area contributed by atoms with Crippen LogP contribution in [0.5, 0.6) is 0 Å². The minimum absolute atomic E-state index is 0.0299. The zero-order chi connectivity index (χ0) is 14.5. The summed E-state index contributed by atoms with van der Waals surface area (Å²) < 4.78 is 28.1. The molecule has 1 heterocycles. The Morgan fingerprint density at radius 1 is 1.20 bits per heavy atom. The van der Waals surface area contributed by atoms with Gasteiger partial charge in [-0.3, -0.25) is 0 Å². The molecule has 0 bridgehead atoms. The topological polar surface area (TPSA) is 29.3 Å². The third kappa shape index (κ3) is 3.55. The minimum Gasteiger partial charge on any atom is -0.369 e. The van der Waals surface area contributed by atoms with Gasteiger partial charge in [-0.1, -0.05) is 6.07 Å². The number of anilines is 1. The standard InChI is InChI=1S/C15H18F2N2S/c1-19(7-5-12-3-2-8-20-12)15-13(16)9-11(4-6-18)10-14(15)17/h2-3,8-10H,4-7,18H2,1H3. The fourth-order valence-corrected chi connectivity index (χ4v) is 2.84. The number of nitrogens with two attached hydrogens (primary N) is 1. The van der Waals surface area contributed by atoms with Crippen molar-refractivity contribution in [3.8, 4) is 0 Å². The van der Waals surface area contributed by atoms with E-state index in [1.165, 1.54) is 17.0 Å². The van der Waals surface area contributed by atoms with Crippen LogP contribution in [0.4, 0.5) is 14.5 Å². The lowest BCUT2D eigenvalue weighted by atomic mass is 10.1. The first-order valence-electron chi connectivity index (χ1n) is 6.53. The van der Waals surface area contributed by atoms with Crippen LogP contribution in [0.3, 0.4) is 0 Å². The highest BCUT2D eigenvalue weighted by atomic mass is 32.1. The van der Waals surface area contributed by atoms with E-state index in [0.717, 1.165) is 6.42 Å². The first kappa shape index (κ1) is 14.9. The van der Waals surface area contributed by atoms with Crippen molar-refractivity contribution in [2.24, 2.45) is 5.73 Å². The number of hydrogen-bond acceptors (Lipinski definition) is 3. The lowest BCUT2D eigenvalue weighted by Gasteiger charge is -2.21. The number of nitrogens with zero attached hydrogens (tertiary/aromatic N) is 1. The smallest absolute Gasteiger partial charge is 0.149 e. The summed E-state index contributed by atoms with van der Waals surface area (Å²) in [7, 11) is 1.71. The predicted molar refractivity (Wildman–Crippen MR) is 80.4 cm³/mol. The number of hydrogen-bond donors (Lipinski definition) is 1. The van der Waals surface area contributed by atoms with Gasteiger partial charge in [0.05, 0.1) is 0 Å². The van der Waals surface area contributed by atoms with E-state index >= 15 is 0 Å². The number of benzene rings is 1. The highest BCUT2D eigenvalue weighted by Gasteiger charge is 2.15. The van der Waals surface area contributed by atoms with Crippen LogP contribution in [0.2, 0.25) is 0 Å². The third-order valence-corrected chi connectivity index (χ3v) is 4.10. The minimum atomic E-state index is -0.526. The molecule has 5 heteroatoms. The molecule has 2 N–H and O–H groups in total. The van der Waals surface area contributed by atoms with Crippen LogP contribution in [0.15, 0.2) is 29.6 Å². The molecular weight excluding hydrogens is 278 g/mol. The van der Waals surface area contributed by atoms with Crippen molar-refractivity contribution in [3.63, 3.8) is 0 Å². The number of likely N-dealkylation sites (N-methyl/N-ethyl adjacent to an activating group) is 1. The van der Waals surface area contributed by atoms with Crippen LogP contribution in [0.25, 0.3) is 0 Å². The summed E-state index contributed by atoms with van der Waals surface area (Å²) in [6.45, 7) is 0.955. The van der Waals surface area contributed by atoms with Gasteiger partial charge >= 0.3 is 0 Å². The molecule has 0 unspecified atom stereocenters. The summed E-state index contributed by atoms with van der Waals surface area (Å²) in [4.78, 5) is 2.83. The second-order valence-electron chi connectivity index (χ2n) is 4.70. The average Bonchev–Trinajstić information content (AvgIpc) is 2.89. The van der Waals surface area contributed by atoms with Gasteiger partial charge < -0.3 is 10.6 Å². The number of halogens is 2. The second kappa shape index (κ2) is 6.81. The molecule has 0 aliphatic heterocycles. The Hall–Kier alpha value is -1.46. The van der Waals surface area contributed by atoms with Gasteiger partial charge in [0.25, 0.3) is 0 Å². The summed E-state index contributed by atoms with van der Waals surface area (Å²) in [5.74, 6) is -1.05. The summed E-state index contributed by atoms with van der Waals surface area (Å²) in [5, 5.41) is 2.00. The summed E-state index contributed by atoms with van der Waals surface area (Å²) in [5.41, 5.74) is 6.03. The van der Waals surface area contributed by atoms with E-state index in [1.807, 2.05) is 17.5 Å². The highest BCUT2D eigenvalue weighted by Crippen LogP contribution is 2.24. The molecule has 0 aliphatic rings. The van der Waals surface area contributed by atoms with Crippen molar-refractivity contribution in [3.05, 3.63) is 51.7 Å². The van der Waals surface area contributed by atoms with E-state index in [0.29, 0.717) is 25.1 Å². The van der Waals surface area contributed by atoms with Gasteiger partial charge in [0.15, 0.2) is 0 Å². The molecule has 2 nitrogen and oxygen atoms in total. The van der Waals surface area contributed by atoms with Crippen LogP contribution in [0.1, 0.15) is 10.4 Å². The average molecular weight is 296 g/mol. The predicted octanol–water partition coefficient (Wildman–Crippen LogP) is 3.21. The van der Waals surface area contributed by atoms with Crippen LogP contribution >= 0.6 is 11.3 Å². The van der Waals surface area contributed by atoms with Gasteiger partial charge in [-0.2, -0.15) is 0 Å². The molecule has 20 heavy (non-hydrogen) atoms. The van der Waals surface area contributed by atoms with E-state index in [2.05, 4.69) is 0 Å². The first-order valence-corrected chi connectivity index (χ1v) is 7.41. The molecule has 0 fully saturated rings. The first-order chi connectivity index (χ1) is 9.61. The maximum absolute atomic E-state index is 14.0. The fourth-order valence-electron chi connectivity index (χ4n) is 2.14. The molecule has 2 rings (SSSR count). The molecule has 1 aromatic carbocycles. The largest absolute Gasteiger partial charge is 0.369 e. The molecule has 108 valence electrons. The van der Waals surface area contributed by atoms with Gasteiger partial charge in [-0.15, -0.1) is 11.3 Å². The second-order valence-corrected chi connectivity index (χ2v) is 5.73. The Labute approximate surface area is 121 Å². The lowest BCUT2D eigenvalue weighted by molar-refractivity contribution is 0.573. The SMILES string of the molecule is CN(CCc1cccs1)c1c(F)cc(CCN)cc1F. The van der Waals surface area contributed by atoms with Crippen LogP contribution < -0.4 is 10.6 Å². The maximum atomic E-state index is 14.0. The molecule has 0 amide bonds. The van der Waals surface area contributed by atoms with Gasteiger partial charge in [0, 0.05) is 18.5 Å². The highest BCUT2D eigenvalue weighted by molar-refractivity contribution is 7.09. The number of rotatable bonds is 6. The van der Waals surface area contributed by atoms with Crippen molar-refractivity contribution in [2.45, 2.75) is 12.8 Å². The monoisotopic (exact) mass is 296 g/mol. The number of thiophene rings is 1. The third-order valence-electron chi connectivity index (χ3n) is 3.17. The molecule has 2 aromatic rings. The molecule has 1 aromatic heterocycles. The van der Waals surface area contributed by atoms with Crippen molar-refractivity contribution in [1.29, 1.82) is 0 Å². The maximum Gasteiger partial charge on any atom is 0.149 e.